The van der Waals surface area contributed by atoms with Crippen LogP contribution in [0.5, 0.6) is 0 Å². The van der Waals surface area contributed by atoms with Crippen molar-refractivity contribution in [2.24, 2.45) is 0 Å². The molecule has 0 N–H and O–H groups in total. The van der Waals surface area contributed by atoms with Gasteiger partial charge in [-0.2, -0.15) is 13.2 Å². The zero-order valence-electron chi connectivity index (χ0n) is 12.9. The zero-order chi connectivity index (χ0) is 17.6. The average molecular weight is 344 g/mol. The molecule has 1 aromatic rings. The van der Waals surface area contributed by atoms with Gasteiger partial charge in [-0.3, -0.25) is 9.59 Å². The summed E-state index contributed by atoms with van der Waals surface area (Å²) in [5.74, 6) is -1.47. The lowest BCUT2D eigenvalue weighted by molar-refractivity contribution is -0.159. The Morgan fingerprint density at radius 3 is 2.58 bits per heavy atom. The van der Waals surface area contributed by atoms with E-state index in [9.17, 15) is 27.2 Å². The first-order valence-corrected chi connectivity index (χ1v) is 7.66. The van der Waals surface area contributed by atoms with Gasteiger partial charge in [-0.15, -0.1) is 0 Å². The minimum atomic E-state index is -4.66. The van der Waals surface area contributed by atoms with Crippen LogP contribution in [0.4, 0.5) is 17.6 Å². The van der Waals surface area contributed by atoms with Crippen LogP contribution in [0.1, 0.15) is 30.9 Å². The van der Waals surface area contributed by atoms with E-state index in [0.29, 0.717) is 25.5 Å². The van der Waals surface area contributed by atoms with E-state index in [4.69, 9.17) is 0 Å². The number of carbonyl (C=O) groups excluding carboxylic acids is 2. The van der Waals surface area contributed by atoms with Gasteiger partial charge in [-0.1, -0.05) is 0 Å². The highest BCUT2D eigenvalue weighted by Gasteiger charge is 2.46. The van der Waals surface area contributed by atoms with Gasteiger partial charge >= 0.3 is 6.18 Å². The van der Waals surface area contributed by atoms with E-state index in [0.717, 1.165) is 17.0 Å². The second kappa shape index (κ2) is 5.75. The molecule has 24 heavy (non-hydrogen) atoms. The molecule has 0 bridgehead atoms. The Morgan fingerprint density at radius 1 is 1.21 bits per heavy atom. The molecule has 2 heterocycles. The Morgan fingerprint density at radius 2 is 1.92 bits per heavy atom. The molecule has 130 valence electrons. The number of benzene rings is 1. The lowest BCUT2D eigenvalue weighted by Crippen LogP contribution is -2.61. The van der Waals surface area contributed by atoms with Crippen molar-refractivity contribution in [3.05, 3.63) is 35.1 Å². The quantitative estimate of drug-likeness (QED) is 0.774. The van der Waals surface area contributed by atoms with Crippen LogP contribution in [-0.4, -0.2) is 40.2 Å². The van der Waals surface area contributed by atoms with E-state index in [2.05, 4.69) is 0 Å². The number of hydrogen-bond donors (Lipinski definition) is 0. The number of amides is 2. The summed E-state index contributed by atoms with van der Waals surface area (Å²) in [5.41, 5.74) is -1.34. The molecule has 0 aromatic heterocycles. The molecule has 2 fully saturated rings. The maximum Gasteiger partial charge on any atom is 0.416 e. The maximum absolute atomic E-state index is 13.4. The molecule has 8 heteroatoms. The number of carbonyl (C=O) groups is 2. The van der Waals surface area contributed by atoms with Crippen LogP contribution in [0, 0.1) is 5.82 Å². The molecule has 0 radical (unpaired) electrons. The molecule has 4 nitrogen and oxygen atoms in total. The topological polar surface area (TPSA) is 40.6 Å². The van der Waals surface area contributed by atoms with Gasteiger partial charge in [0.1, 0.15) is 17.9 Å². The Balaban J connectivity index is 1.94. The summed E-state index contributed by atoms with van der Waals surface area (Å²) in [6.45, 7) is 1.53. The molecule has 0 saturated carbocycles. The Hall–Kier alpha value is -2.12. The Bertz CT molecular complexity index is 689. The third-order valence-electron chi connectivity index (χ3n) is 4.64. The molecule has 2 atom stereocenters. The average Bonchev–Trinajstić information content (AvgIpc) is 2.98. The predicted molar refractivity (Wildman–Crippen MR) is 76.1 cm³/mol. The van der Waals surface area contributed by atoms with E-state index in [1.807, 2.05) is 0 Å². The first kappa shape index (κ1) is 16.7. The van der Waals surface area contributed by atoms with Gasteiger partial charge in [0.15, 0.2) is 0 Å². The SMILES string of the molecule is C[C@H]1C(=O)N2CCC[C@@H]2C(=O)N1Cc1cc(F)ccc1C(F)(F)F. The number of nitrogens with zero attached hydrogens (tertiary/aromatic N) is 2. The highest BCUT2D eigenvalue weighted by molar-refractivity contribution is 5.97. The van der Waals surface area contributed by atoms with Crippen molar-refractivity contribution >= 4 is 11.8 Å². The van der Waals surface area contributed by atoms with Crippen LogP contribution in [-0.2, 0) is 22.3 Å². The highest BCUT2D eigenvalue weighted by Crippen LogP contribution is 2.34. The first-order valence-electron chi connectivity index (χ1n) is 7.66. The second-order valence-corrected chi connectivity index (χ2v) is 6.13. The van der Waals surface area contributed by atoms with Gasteiger partial charge in [-0.25, -0.2) is 4.39 Å². The lowest BCUT2D eigenvalue weighted by atomic mass is 10.0. The summed E-state index contributed by atoms with van der Waals surface area (Å²) >= 11 is 0. The van der Waals surface area contributed by atoms with Crippen LogP contribution in [0.3, 0.4) is 0 Å². The molecular formula is C16H16F4N2O2. The normalized spacial score (nSPS) is 24.5. The van der Waals surface area contributed by atoms with E-state index in [1.54, 1.807) is 0 Å². The predicted octanol–water partition coefficient (Wildman–Crippen LogP) is 2.57. The Labute approximate surface area is 136 Å². The molecule has 2 aliphatic rings. The number of alkyl halides is 3. The minimum absolute atomic E-state index is 0.276. The summed E-state index contributed by atoms with van der Waals surface area (Å²) in [6.07, 6.45) is -3.46. The van der Waals surface area contributed by atoms with Gasteiger partial charge in [0.25, 0.3) is 0 Å². The lowest BCUT2D eigenvalue weighted by Gasteiger charge is -2.41. The first-order chi connectivity index (χ1) is 11.2. The summed E-state index contributed by atoms with van der Waals surface area (Å²) < 4.78 is 52.8. The van der Waals surface area contributed by atoms with E-state index >= 15 is 0 Å². The highest BCUT2D eigenvalue weighted by atomic mass is 19.4. The van der Waals surface area contributed by atoms with Crippen molar-refractivity contribution in [1.29, 1.82) is 0 Å². The van der Waals surface area contributed by atoms with Crippen LogP contribution in [0.15, 0.2) is 18.2 Å². The van der Waals surface area contributed by atoms with E-state index in [1.165, 1.54) is 11.8 Å². The standard InChI is InChI=1S/C16H16F4N2O2/c1-9-14(23)21-6-2-3-13(21)15(24)22(9)8-10-7-11(17)4-5-12(10)16(18,19)20/h4-5,7,9,13H,2-3,6,8H2,1H3/t9-,13+/m0/s1. The fourth-order valence-electron chi connectivity index (χ4n) is 3.41. The molecule has 1 aromatic carbocycles. The molecule has 0 spiro atoms. The van der Waals surface area contributed by atoms with Crippen LogP contribution >= 0.6 is 0 Å². The smallest absolute Gasteiger partial charge is 0.329 e. The number of hydrogen-bond acceptors (Lipinski definition) is 2. The summed E-state index contributed by atoms with van der Waals surface area (Å²) in [5, 5.41) is 0. The monoisotopic (exact) mass is 344 g/mol. The molecule has 2 saturated heterocycles. The number of fused-ring (bicyclic) bond motifs is 1. The van der Waals surface area contributed by atoms with E-state index in [-0.39, 0.29) is 17.4 Å². The van der Waals surface area contributed by atoms with Crippen molar-refractivity contribution in [3.8, 4) is 0 Å². The number of piperazine rings is 1. The number of halogens is 4. The van der Waals surface area contributed by atoms with Gasteiger partial charge in [0, 0.05) is 13.1 Å². The molecule has 3 rings (SSSR count). The fraction of sp³-hybridized carbons (Fsp3) is 0.500. The van der Waals surface area contributed by atoms with Crippen molar-refractivity contribution in [2.45, 2.75) is 44.6 Å². The van der Waals surface area contributed by atoms with E-state index < -0.39 is 36.2 Å². The molecular weight excluding hydrogens is 328 g/mol. The van der Waals surface area contributed by atoms with Gasteiger partial charge in [-0.05, 0) is 43.5 Å². The summed E-state index contributed by atoms with van der Waals surface area (Å²) in [7, 11) is 0. The van der Waals surface area contributed by atoms with Crippen molar-refractivity contribution in [3.63, 3.8) is 0 Å². The Kier molecular flexibility index (Phi) is 4.01. The third kappa shape index (κ3) is 2.74. The second-order valence-electron chi connectivity index (χ2n) is 6.13. The van der Waals surface area contributed by atoms with Gasteiger partial charge in [0.2, 0.25) is 11.8 Å². The van der Waals surface area contributed by atoms with Crippen molar-refractivity contribution < 1.29 is 27.2 Å². The number of rotatable bonds is 2. The van der Waals surface area contributed by atoms with Gasteiger partial charge < -0.3 is 9.80 Å². The minimum Gasteiger partial charge on any atom is -0.329 e. The largest absolute Gasteiger partial charge is 0.416 e. The van der Waals surface area contributed by atoms with Crippen LogP contribution in [0.2, 0.25) is 0 Å². The molecule has 2 aliphatic heterocycles. The molecule has 2 amide bonds. The van der Waals surface area contributed by atoms with Gasteiger partial charge in [0.05, 0.1) is 5.56 Å². The molecule has 0 aliphatic carbocycles. The summed E-state index contributed by atoms with van der Waals surface area (Å²) in [6, 6.07) is 0.687. The summed E-state index contributed by atoms with van der Waals surface area (Å²) in [4.78, 5) is 27.5. The third-order valence-corrected chi connectivity index (χ3v) is 4.64. The zero-order valence-corrected chi connectivity index (χ0v) is 12.9. The fourth-order valence-corrected chi connectivity index (χ4v) is 3.41. The van der Waals surface area contributed by atoms with Crippen molar-refractivity contribution in [1.82, 2.24) is 9.80 Å². The molecule has 0 unspecified atom stereocenters. The van der Waals surface area contributed by atoms with Crippen LogP contribution in [0.25, 0.3) is 0 Å². The van der Waals surface area contributed by atoms with Crippen molar-refractivity contribution in [2.75, 3.05) is 6.54 Å². The maximum atomic E-state index is 13.4. The van der Waals surface area contributed by atoms with Crippen LogP contribution < -0.4 is 0 Å².